The molecule has 0 spiro atoms. The zero-order valence-corrected chi connectivity index (χ0v) is 20.8. The van der Waals surface area contributed by atoms with Gasteiger partial charge in [-0.3, -0.25) is 0 Å². The third kappa shape index (κ3) is 8.26. The summed E-state index contributed by atoms with van der Waals surface area (Å²) in [4.78, 5) is 19.9. The van der Waals surface area contributed by atoms with Crippen LogP contribution in [0.15, 0.2) is 60.7 Å². The minimum atomic E-state index is -5.08. The number of aromatic carboxylic acids is 1. The fraction of sp³-hybridized carbons (Fsp3) is 0.286. The number of aryl methyl sites for hydroxylation is 2. The number of aliphatic hydroxyl groups is 1. The summed E-state index contributed by atoms with van der Waals surface area (Å²) >= 11 is 0. The fourth-order valence-electron chi connectivity index (χ4n) is 3.95. The van der Waals surface area contributed by atoms with Crippen LogP contribution in [0.25, 0.3) is 11.1 Å². The van der Waals surface area contributed by atoms with E-state index in [9.17, 15) is 27.5 Å². The molecule has 208 valence electrons. The number of rotatable bonds is 7. The Morgan fingerprint density at radius 2 is 1.67 bits per heavy atom. The van der Waals surface area contributed by atoms with Crippen LogP contribution in [-0.2, 0) is 11.2 Å². The summed E-state index contributed by atoms with van der Waals surface area (Å²) < 4.78 is 51.3. The van der Waals surface area contributed by atoms with Gasteiger partial charge in [-0.2, -0.15) is 13.2 Å². The Morgan fingerprint density at radius 3 is 2.26 bits per heavy atom. The van der Waals surface area contributed by atoms with Crippen LogP contribution < -0.4 is 10.1 Å². The van der Waals surface area contributed by atoms with E-state index in [1.54, 1.807) is 31.2 Å². The molecular weight excluding hydrogens is 522 g/mol. The van der Waals surface area contributed by atoms with Gasteiger partial charge in [0.05, 0.1) is 11.7 Å². The molecule has 11 heteroatoms. The predicted octanol–water partition coefficient (Wildman–Crippen LogP) is 5.15. The number of benzene rings is 3. The van der Waals surface area contributed by atoms with Crippen LogP contribution in [-0.4, -0.2) is 52.6 Å². The van der Waals surface area contributed by atoms with Crippen molar-refractivity contribution in [2.45, 2.75) is 38.1 Å². The molecule has 0 bridgehead atoms. The van der Waals surface area contributed by atoms with Crippen molar-refractivity contribution in [2.75, 3.05) is 13.1 Å². The number of hydrogen-bond acceptors (Lipinski definition) is 5. The number of carbonyl (C=O) groups is 2. The van der Waals surface area contributed by atoms with E-state index < -0.39 is 24.2 Å². The van der Waals surface area contributed by atoms with Crippen molar-refractivity contribution in [3.05, 3.63) is 88.7 Å². The second-order valence-corrected chi connectivity index (χ2v) is 8.97. The van der Waals surface area contributed by atoms with Crippen molar-refractivity contribution in [3.8, 4) is 16.9 Å². The standard InChI is InChI=1S/C26H26FNO4.C2HF3O2/c1-16-12-20(7-10-23(16)27)24(29)15-28-14-22-9-6-21-13-19(8-11-25(21)32-22)17-2-4-18(5-3-17)26(30)31;3-2(4,5)1(6)7/h2-5,7-8,10-13,22,24,28-29H,6,9,14-15H2,1H3,(H,30,31);(H,6,7)/t22-,24?;/m1./s1. The van der Waals surface area contributed by atoms with Gasteiger partial charge in [-0.1, -0.05) is 30.3 Å². The third-order valence-electron chi connectivity index (χ3n) is 6.07. The minimum Gasteiger partial charge on any atom is -0.489 e. The van der Waals surface area contributed by atoms with E-state index in [4.69, 9.17) is 19.7 Å². The van der Waals surface area contributed by atoms with Crippen molar-refractivity contribution in [1.82, 2.24) is 5.32 Å². The highest BCUT2D eigenvalue weighted by Gasteiger charge is 2.38. The van der Waals surface area contributed by atoms with Gasteiger partial charge in [0.1, 0.15) is 17.7 Å². The van der Waals surface area contributed by atoms with Gasteiger partial charge in [-0.15, -0.1) is 0 Å². The van der Waals surface area contributed by atoms with E-state index >= 15 is 0 Å². The molecular formula is C28H27F4NO6. The number of carboxylic acids is 2. The second kappa shape index (κ2) is 12.7. The zero-order chi connectivity index (χ0) is 28.7. The zero-order valence-electron chi connectivity index (χ0n) is 20.8. The topological polar surface area (TPSA) is 116 Å². The van der Waals surface area contributed by atoms with E-state index in [1.165, 1.54) is 6.07 Å². The van der Waals surface area contributed by atoms with E-state index in [2.05, 4.69) is 11.4 Å². The van der Waals surface area contributed by atoms with Crippen molar-refractivity contribution < 1.29 is 47.2 Å². The molecule has 1 unspecified atom stereocenters. The number of fused-ring (bicyclic) bond motifs is 1. The van der Waals surface area contributed by atoms with Gasteiger partial charge in [-0.25, -0.2) is 14.0 Å². The van der Waals surface area contributed by atoms with Crippen molar-refractivity contribution in [2.24, 2.45) is 0 Å². The number of nitrogens with one attached hydrogen (secondary N) is 1. The van der Waals surface area contributed by atoms with Crippen molar-refractivity contribution in [3.63, 3.8) is 0 Å². The SMILES string of the molecule is Cc1cc(C(O)CNC[C@H]2CCc3cc(-c4ccc(C(=O)O)cc4)ccc3O2)ccc1F.O=C(O)C(F)(F)F. The molecule has 0 aliphatic carbocycles. The summed E-state index contributed by atoms with van der Waals surface area (Å²) in [5, 5.41) is 29.8. The van der Waals surface area contributed by atoms with Gasteiger partial charge >= 0.3 is 18.1 Å². The summed E-state index contributed by atoms with van der Waals surface area (Å²) in [6.45, 7) is 2.65. The molecule has 39 heavy (non-hydrogen) atoms. The first-order chi connectivity index (χ1) is 18.3. The number of hydrogen-bond donors (Lipinski definition) is 4. The molecule has 0 saturated heterocycles. The first-order valence-corrected chi connectivity index (χ1v) is 11.9. The monoisotopic (exact) mass is 549 g/mol. The number of alkyl halides is 3. The molecule has 0 fully saturated rings. The highest BCUT2D eigenvalue weighted by atomic mass is 19.4. The summed E-state index contributed by atoms with van der Waals surface area (Å²) in [5.74, 6) is -3.12. The average Bonchev–Trinajstić information content (AvgIpc) is 2.89. The van der Waals surface area contributed by atoms with E-state index in [-0.39, 0.29) is 17.5 Å². The van der Waals surface area contributed by atoms with E-state index in [1.807, 2.05) is 24.3 Å². The predicted molar refractivity (Wildman–Crippen MR) is 134 cm³/mol. The summed E-state index contributed by atoms with van der Waals surface area (Å²) in [5.41, 5.74) is 4.60. The lowest BCUT2D eigenvalue weighted by Gasteiger charge is -2.27. The van der Waals surface area contributed by atoms with Crippen LogP contribution in [0, 0.1) is 12.7 Å². The Kier molecular flexibility index (Phi) is 9.66. The smallest absolute Gasteiger partial charge is 0.489 e. The number of aliphatic carboxylic acids is 1. The van der Waals surface area contributed by atoms with Crippen LogP contribution in [0.3, 0.4) is 0 Å². The van der Waals surface area contributed by atoms with Crippen LogP contribution in [0.2, 0.25) is 0 Å². The van der Waals surface area contributed by atoms with Gasteiger partial charge in [-0.05, 0) is 77.9 Å². The molecule has 7 nitrogen and oxygen atoms in total. The first kappa shape index (κ1) is 29.6. The summed E-state index contributed by atoms with van der Waals surface area (Å²) in [6.07, 6.45) is -4.05. The highest BCUT2D eigenvalue weighted by molar-refractivity contribution is 5.88. The van der Waals surface area contributed by atoms with Crippen LogP contribution in [0.4, 0.5) is 17.6 Å². The Bertz CT molecular complexity index is 1310. The number of carboxylic acid groups (broad SMARTS) is 2. The lowest BCUT2D eigenvalue weighted by molar-refractivity contribution is -0.192. The Hall–Kier alpha value is -3.96. The molecule has 4 rings (SSSR count). The lowest BCUT2D eigenvalue weighted by Crippen LogP contribution is -2.36. The van der Waals surface area contributed by atoms with Gasteiger partial charge in [0.2, 0.25) is 0 Å². The fourth-order valence-corrected chi connectivity index (χ4v) is 3.95. The second-order valence-electron chi connectivity index (χ2n) is 8.97. The first-order valence-electron chi connectivity index (χ1n) is 11.9. The third-order valence-corrected chi connectivity index (χ3v) is 6.07. The van der Waals surface area contributed by atoms with Crippen LogP contribution >= 0.6 is 0 Å². The molecule has 0 saturated carbocycles. The molecule has 3 aromatic rings. The molecule has 2 atom stereocenters. The maximum atomic E-state index is 13.4. The Morgan fingerprint density at radius 1 is 1.03 bits per heavy atom. The van der Waals surface area contributed by atoms with Crippen LogP contribution in [0.5, 0.6) is 5.75 Å². The molecule has 0 radical (unpaired) electrons. The Balaban J connectivity index is 0.000000532. The molecule has 0 amide bonds. The summed E-state index contributed by atoms with van der Waals surface area (Å²) in [7, 11) is 0. The molecule has 1 aliphatic heterocycles. The largest absolute Gasteiger partial charge is 0.490 e. The van der Waals surface area contributed by atoms with Gasteiger partial charge in [0.15, 0.2) is 0 Å². The van der Waals surface area contributed by atoms with E-state index in [0.717, 1.165) is 35.3 Å². The Labute approximate surface area is 221 Å². The maximum Gasteiger partial charge on any atom is 0.490 e. The maximum absolute atomic E-state index is 13.4. The van der Waals surface area contributed by atoms with E-state index in [0.29, 0.717) is 24.2 Å². The molecule has 1 aliphatic rings. The van der Waals surface area contributed by atoms with Crippen LogP contribution in [0.1, 0.15) is 39.6 Å². The van der Waals surface area contributed by atoms with Crippen molar-refractivity contribution in [1.29, 1.82) is 0 Å². The van der Waals surface area contributed by atoms with Gasteiger partial charge in [0.25, 0.3) is 0 Å². The van der Waals surface area contributed by atoms with Crippen molar-refractivity contribution >= 4 is 11.9 Å². The lowest BCUT2D eigenvalue weighted by atomic mass is 9.96. The quantitative estimate of drug-likeness (QED) is 0.301. The highest BCUT2D eigenvalue weighted by Crippen LogP contribution is 2.32. The molecule has 1 heterocycles. The van der Waals surface area contributed by atoms with Gasteiger partial charge < -0.3 is 25.4 Å². The normalized spacial score (nSPS) is 15.3. The number of halogens is 4. The average molecular weight is 550 g/mol. The molecule has 0 aromatic heterocycles. The van der Waals surface area contributed by atoms with Gasteiger partial charge in [0, 0.05) is 13.1 Å². The molecule has 4 N–H and O–H groups in total. The summed E-state index contributed by atoms with van der Waals surface area (Å²) in [6, 6.07) is 17.5. The molecule has 3 aromatic carbocycles. The number of aliphatic hydroxyl groups excluding tert-OH is 1. The minimum absolute atomic E-state index is 0.00496. The number of ether oxygens (including phenoxy) is 1.